The summed E-state index contributed by atoms with van der Waals surface area (Å²) in [6, 6.07) is 1.64. The highest BCUT2D eigenvalue weighted by atomic mass is 16.5. The number of hydrogen-bond donors (Lipinski definition) is 1. The predicted octanol–water partition coefficient (Wildman–Crippen LogP) is 1.83. The number of carbonyl (C=O) groups excluding carboxylic acids is 1. The first-order chi connectivity index (χ1) is 6.11. The Morgan fingerprint density at radius 3 is 2.54 bits per heavy atom. The zero-order chi connectivity index (χ0) is 10.0. The lowest BCUT2D eigenvalue weighted by Gasteiger charge is -2.10. The van der Waals surface area contributed by atoms with Crippen molar-refractivity contribution in [1.29, 1.82) is 0 Å². The van der Waals surface area contributed by atoms with Crippen LogP contribution in [0.1, 0.15) is 21.5 Å². The maximum atomic E-state index is 10.6. The summed E-state index contributed by atoms with van der Waals surface area (Å²) in [6.45, 7) is 3.46. The average molecular weight is 180 g/mol. The van der Waals surface area contributed by atoms with Crippen LogP contribution in [0.25, 0.3) is 0 Å². The maximum absolute atomic E-state index is 10.6. The van der Waals surface area contributed by atoms with Gasteiger partial charge in [-0.3, -0.25) is 4.79 Å². The van der Waals surface area contributed by atoms with Crippen molar-refractivity contribution in [3.05, 3.63) is 22.8 Å². The molecule has 0 spiro atoms. The first-order valence-corrected chi connectivity index (χ1v) is 3.94. The van der Waals surface area contributed by atoms with Gasteiger partial charge in [0.15, 0.2) is 11.5 Å². The zero-order valence-electron chi connectivity index (χ0n) is 7.92. The third kappa shape index (κ3) is 1.49. The Balaban J connectivity index is 3.47. The molecule has 70 valence electrons. The number of ether oxygens (including phenoxy) is 1. The van der Waals surface area contributed by atoms with Gasteiger partial charge < -0.3 is 9.84 Å². The molecule has 1 N–H and O–H groups in total. The zero-order valence-corrected chi connectivity index (χ0v) is 7.92. The largest absolute Gasteiger partial charge is 0.504 e. The van der Waals surface area contributed by atoms with Crippen LogP contribution in [0.5, 0.6) is 11.5 Å². The summed E-state index contributed by atoms with van der Waals surface area (Å²) in [6.07, 6.45) is 0.754. The minimum absolute atomic E-state index is 0.102. The number of hydrogen-bond acceptors (Lipinski definition) is 3. The van der Waals surface area contributed by atoms with E-state index in [0.717, 1.165) is 6.29 Å². The van der Waals surface area contributed by atoms with Crippen molar-refractivity contribution in [3.63, 3.8) is 0 Å². The Labute approximate surface area is 77.0 Å². The van der Waals surface area contributed by atoms with Gasteiger partial charge in [-0.2, -0.15) is 0 Å². The summed E-state index contributed by atoms with van der Waals surface area (Å²) in [5.74, 6) is 0.479. The maximum Gasteiger partial charge on any atom is 0.164 e. The Morgan fingerprint density at radius 2 is 2.08 bits per heavy atom. The van der Waals surface area contributed by atoms with Gasteiger partial charge in [0.1, 0.15) is 6.29 Å². The lowest BCUT2D eigenvalue weighted by Crippen LogP contribution is -1.95. The molecule has 1 aromatic carbocycles. The molecule has 0 heterocycles. The van der Waals surface area contributed by atoms with E-state index < -0.39 is 0 Å². The molecule has 13 heavy (non-hydrogen) atoms. The van der Waals surface area contributed by atoms with Gasteiger partial charge in [-0.1, -0.05) is 0 Å². The van der Waals surface area contributed by atoms with Crippen LogP contribution in [-0.2, 0) is 0 Å². The molecule has 3 heteroatoms. The topological polar surface area (TPSA) is 46.5 Å². The molecule has 1 aromatic rings. The van der Waals surface area contributed by atoms with Crippen LogP contribution in [0.15, 0.2) is 6.07 Å². The van der Waals surface area contributed by atoms with Gasteiger partial charge in [-0.15, -0.1) is 0 Å². The molecule has 0 saturated carbocycles. The predicted molar refractivity (Wildman–Crippen MR) is 49.5 cm³/mol. The quantitative estimate of drug-likeness (QED) is 0.706. The Hall–Kier alpha value is -1.51. The van der Waals surface area contributed by atoms with E-state index in [1.807, 2.05) is 0 Å². The van der Waals surface area contributed by atoms with Crippen LogP contribution >= 0.6 is 0 Å². The molecule has 0 aliphatic heterocycles. The summed E-state index contributed by atoms with van der Waals surface area (Å²) in [5.41, 5.74) is 1.86. The van der Waals surface area contributed by atoms with Crippen LogP contribution in [0.3, 0.4) is 0 Å². The lowest BCUT2D eigenvalue weighted by atomic mass is 10.0. The fraction of sp³-hybridized carbons (Fsp3) is 0.300. The SMILES string of the molecule is COc1c(C)c(C=O)cc(C)c1O. The Bertz CT molecular complexity index is 343. The molecule has 1 rings (SSSR count). The summed E-state index contributed by atoms with van der Waals surface area (Å²) in [4.78, 5) is 10.6. The normalized spacial score (nSPS) is 9.77. The molecular weight excluding hydrogens is 168 g/mol. The third-order valence-corrected chi connectivity index (χ3v) is 2.07. The Morgan fingerprint density at radius 1 is 1.46 bits per heavy atom. The van der Waals surface area contributed by atoms with E-state index in [2.05, 4.69) is 0 Å². The molecule has 3 nitrogen and oxygen atoms in total. The molecule has 0 radical (unpaired) electrons. The van der Waals surface area contributed by atoms with Crippen molar-refractivity contribution in [2.45, 2.75) is 13.8 Å². The van der Waals surface area contributed by atoms with Gasteiger partial charge in [0.25, 0.3) is 0 Å². The minimum atomic E-state index is 0.102. The molecule has 0 amide bonds. The number of benzene rings is 1. The number of carbonyl (C=O) groups is 1. The monoisotopic (exact) mass is 180 g/mol. The number of methoxy groups -OCH3 is 1. The van der Waals surface area contributed by atoms with Crippen molar-refractivity contribution in [2.75, 3.05) is 7.11 Å². The van der Waals surface area contributed by atoms with Gasteiger partial charge in [-0.25, -0.2) is 0 Å². The van der Waals surface area contributed by atoms with Crippen LogP contribution in [0.2, 0.25) is 0 Å². The molecule has 0 atom stereocenters. The standard InChI is InChI=1S/C10H12O3/c1-6-4-8(5-11)7(2)10(13-3)9(6)12/h4-5,12H,1-3H3. The van der Waals surface area contributed by atoms with Crippen molar-refractivity contribution < 1.29 is 14.6 Å². The number of aryl methyl sites for hydroxylation is 1. The van der Waals surface area contributed by atoms with Gasteiger partial charge in [0, 0.05) is 11.1 Å². The second-order valence-electron chi connectivity index (χ2n) is 2.91. The first kappa shape index (κ1) is 9.58. The van der Waals surface area contributed by atoms with E-state index in [-0.39, 0.29) is 5.75 Å². The second-order valence-corrected chi connectivity index (χ2v) is 2.91. The molecule has 0 saturated heterocycles. The van der Waals surface area contributed by atoms with Crippen LogP contribution in [-0.4, -0.2) is 18.5 Å². The highest BCUT2D eigenvalue weighted by molar-refractivity contribution is 5.80. The van der Waals surface area contributed by atoms with Crippen molar-refractivity contribution >= 4 is 6.29 Å². The van der Waals surface area contributed by atoms with E-state index in [0.29, 0.717) is 22.4 Å². The van der Waals surface area contributed by atoms with E-state index >= 15 is 0 Å². The molecule has 0 bridgehead atoms. The van der Waals surface area contributed by atoms with Crippen LogP contribution in [0.4, 0.5) is 0 Å². The van der Waals surface area contributed by atoms with Crippen LogP contribution in [0, 0.1) is 13.8 Å². The Kier molecular flexibility index (Phi) is 2.56. The lowest BCUT2D eigenvalue weighted by molar-refractivity contribution is 0.112. The fourth-order valence-corrected chi connectivity index (χ4v) is 1.27. The minimum Gasteiger partial charge on any atom is -0.504 e. The van der Waals surface area contributed by atoms with Gasteiger partial charge in [0.2, 0.25) is 0 Å². The molecule has 0 aliphatic carbocycles. The summed E-state index contributed by atoms with van der Waals surface area (Å²) in [7, 11) is 1.47. The van der Waals surface area contributed by atoms with E-state index in [4.69, 9.17) is 4.74 Å². The molecular formula is C10H12O3. The third-order valence-electron chi connectivity index (χ3n) is 2.07. The smallest absolute Gasteiger partial charge is 0.164 e. The average Bonchev–Trinajstić information content (AvgIpc) is 2.12. The van der Waals surface area contributed by atoms with Crippen LogP contribution < -0.4 is 4.74 Å². The van der Waals surface area contributed by atoms with E-state index in [9.17, 15) is 9.90 Å². The van der Waals surface area contributed by atoms with Crippen molar-refractivity contribution in [3.8, 4) is 11.5 Å². The van der Waals surface area contributed by atoms with Gasteiger partial charge in [-0.05, 0) is 25.5 Å². The molecule has 0 fully saturated rings. The highest BCUT2D eigenvalue weighted by Gasteiger charge is 2.12. The number of phenols is 1. The summed E-state index contributed by atoms with van der Waals surface area (Å²) in [5, 5.41) is 9.56. The molecule has 0 unspecified atom stereocenters. The van der Waals surface area contributed by atoms with Gasteiger partial charge in [0.05, 0.1) is 7.11 Å². The molecule has 0 aromatic heterocycles. The summed E-state index contributed by atoms with van der Waals surface area (Å²) >= 11 is 0. The first-order valence-electron chi connectivity index (χ1n) is 3.94. The number of aldehydes is 1. The molecule has 0 aliphatic rings. The second kappa shape index (κ2) is 3.47. The number of aromatic hydroxyl groups is 1. The fourth-order valence-electron chi connectivity index (χ4n) is 1.27. The van der Waals surface area contributed by atoms with Crippen molar-refractivity contribution in [1.82, 2.24) is 0 Å². The van der Waals surface area contributed by atoms with Gasteiger partial charge >= 0.3 is 0 Å². The number of rotatable bonds is 2. The summed E-state index contributed by atoms with van der Waals surface area (Å²) < 4.78 is 4.99. The van der Waals surface area contributed by atoms with E-state index in [1.165, 1.54) is 7.11 Å². The van der Waals surface area contributed by atoms with Crippen molar-refractivity contribution in [2.24, 2.45) is 0 Å². The van der Waals surface area contributed by atoms with E-state index in [1.54, 1.807) is 19.9 Å². The number of phenolic OH excluding ortho intramolecular Hbond substituents is 1. The highest BCUT2D eigenvalue weighted by Crippen LogP contribution is 2.34.